The third kappa shape index (κ3) is 5.12. The zero-order chi connectivity index (χ0) is 15.4. The Kier molecular flexibility index (Phi) is 11.6. The summed E-state index contributed by atoms with van der Waals surface area (Å²) >= 11 is 0. The van der Waals surface area contributed by atoms with E-state index in [2.05, 4.69) is 4.98 Å². The lowest BCUT2D eigenvalue weighted by molar-refractivity contribution is 0.0680. The van der Waals surface area contributed by atoms with Gasteiger partial charge in [-0.1, -0.05) is 53.7 Å². The molecule has 4 nitrogen and oxygen atoms in total. The van der Waals surface area contributed by atoms with E-state index >= 15 is 0 Å². The molecule has 0 amide bonds. The second kappa shape index (κ2) is 11.3. The van der Waals surface area contributed by atoms with Crippen LogP contribution in [-0.2, 0) is 7.05 Å². The minimum absolute atomic E-state index is 0.0706. The van der Waals surface area contributed by atoms with Gasteiger partial charge >= 0.3 is 5.97 Å². The second-order valence-electron chi connectivity index (χ2n) is 2.79. The van der Waals surface area contributed by atoms with Crippen molar-refractivity contribution in [2.24, 2.45) is 7.05 Å². The van der Waals surface area contributed by atoms with Crippen molar-refractivity contribution in [3.8, 4) is 0 Å². The van der Waals surface area contributed by atoms with Gasteiger partial charge in [-0.2, -0.15) is 0 Å². The van der Waals surface area contributed by atoms with Gasteiger partial charge in [0.1, 0.15) is 0 Å². The van der Waals surface area contributed by atoms with Crippen molar-refractivity contribution < 1.29 is 9.90 Å². The third-order valence-corrected chi connectivity index (χ3v) is 1.98. The molecule has 0 aliphatic heterocycles. The normalized spacial score (nSPS) is 8.16. The van der Waals surface area contributed by atoms with Crippen LogP contribution >= 0.6 is 0 Å². The first-order valence-electron chi connectivity index (χ1n) is 6.85. The summed E-state index contributed by atoms with van der Waals surface area (Å²) in [6, 6.07) is 7.33. The summed E-state index contributed by atoms with van der Waals surface area (Å²) in [4.78, 5) is 14.7. The van der Waals surface area contributed by atoms with E-state index in [1.165, 1.54) is 0 Å². The number of hydrogen-bond donors (Lipinski definition) is 1. The number of rotatable bonds is 1. The van der Waals surface area contributed by atoms with Crippen LogP contribution in [0.25, 0.3) is 11.0 Å². The van der Waals surface area contributed by atoms with Crippen LogP contribution in [0.3, 0.4) is 0 Å². The number of benzene rings is 1. The zero-order valence-corrected chi connectivity index (χ0v) is 13.1. The Morgan fingerprint density at radius 3 is 1.95 bits per heavy atom. The van der Waals surface area contributed by atoms with Crippen molar-refractivity contribution in [1.82, 2.24) is 9.55 Å². The SMILES string of the molecule is CC.CC.CC.Cn1c(C(=O)O)nc2ccccc21. The molecule has 1 N–H and O–H groups in total. The molecule has 0 atom stereocenters. The van der Waals surface area contributed by atoms with E-state index < -0.39 is 5.97 Å². The number of carboxylic acids is 1. The van der Waals surface area contributed by atoms with Crippen molar-refractivity contribution in [3.05, 3.63) is 30.1 Å². The minimum atomic E-state index is -1.00. The fourth-order valence-corrected chi connectivity index (χ4v) is 1.34. The molecule has 1 heterocycles. The Hall–Kier alpha value is -1.84. The first-order valence-corrected chi connectivity index (χ1v) is 6.85. The predicted molar refractivity (Wildman–Crippen MR) is 81.7 cm³/mol. The van der Waals surface area contributed by atoms with Gasteiger partial charge in [-0.3, -0.25) is 0 Å². The molecule has 2 aromatic rings. The van der Waals surface area contributed by atoms with Gasteiger partial charge in [-0.15, -0.1) is 0 Å². The van der Waals surface area contributed by atoms with E-state index in [0.29, 0.717) is 5.52 Å². The van der Waals surface area contributed by atoms with Gasteiger partial charge in [-0.25, -0.2) is 9.78 Å². The Balaban J connectivity index is 0. The highest BCUT2D eigenvalue weighted by atomic mass is 16.4. The molecule has 0 unspecified atom stereocenters. The highest BCUT2D eigenvalue weighted by molar-refractivity contribution is 5.89. The average molecular weight is 266 g/mol. The topological polar surface area (TPSA) is 55.1 Å². The average Bonchev–Trinajstić information content (AvgIpc) is 2.83. The fourth-order valence-electron chi connectivity index (χ4n) is 1.34. The molecule has 0 fully saturated rings. The molecular formula is C15H26N2O2. The van der Waals surface area contributed by atoms with Gasteiger partial charge in [0.05, 0.1) is 11.0 Å². The number of para-hydroxylation sites is 2. The Bertz CT molecular complexity index is 476. The molecule has 19 heavy (non-hydrogen) atoms. The summed E-state index contributed by atoms with van der Waals surface area (Å²) in [5, 5.41) is 8.78. The number of carbonyl (C=O) groups is 1. The van der Waals surface area contributed by atoms with Gasteiger partial charge in [-0.05, 0) is 12.1 Å². The summed E-state index contributed by atoms with van der Waals surface area (Å²) in [6.45, 7) is 12.0. The summed E-state index contributed by atoms with van der Waals surface area (Å²) in [7, 11) is 1.69. The number of hydrogen-bond acceptors (Lipinski definition) is 2. The van der Waals surface area contributed by atoms with Crippen LogP contribution in [0.5, 0.6) is 0 Å². The van der Waals surface area contributed by atoms with Crippen LogP contribution in [0.1, 0.15) is 52.2 Å². The van der Waals surface area contributed by atoms with E-state index in [-0.39, 0.29) is 5.82 Å². The summed E-state index contributed by atoms with van der Waals surface area (Å²) in [5.41, 5.74) is 1.54. The van der Waals surface area contributed by atoms with E-state index in [9.17, 15) is 4.79 Å². The van der Waals surface area contributed by atoms with Crippen molar-refractivity contribution in [2.75, 3.05) is 0 Å². The van der Waals surface area contributed by atoms with Gasteiger partial charge in [0.2, 0.25) is 5.82 Å². The van der Waals surface area contributed by atoms with Crippen LogP contribution < -0.4 is 0 Å². The van der Waals surface area contributed by atoms with Crippen molar-refractivity contribution in [3.63, 3.8) is 0 Å². The first-order chi connectivity index (χ1) is 9.20. The number of imidazole rings is 1. The van der Waals surface area contributed by atoms with Gasteiger partial charge in [0, 0.05) is 7.05 Å². The molecule has 0 radical (unpaired) electrons. The number of aromatic nitrogens is 2. The van der Waals surface area contributed by atoms with Gasteiger partial charge in [0.25, 0.3) is 0 Å². The Morgan fingerprint density at radius 1 is 1.05 bits per heavy atom. The second-order valence-corrected chi connectivity index (χ2v) is 2.79. The van der Waals surface area contributed by atoms with Crippen molar-refractivity contribution in [1.29, 1.82) is 0 Å². The van der Waals surface area contributed by atoms with Crippen LogP contribution in [-0.4, -0.2) is 20.6 Å². The fraction of sp³-hybridized carbons (Fsp3) is 0.467. The summed E-state index contributed by atoms with van der Waals surface area (Å²) < 4.78 is 1.57. The number of aryl methyl sites for hydroxylation is 1. The Labute approximate surface area is 116 Å². The molecule has 0 saturated carbocycles. The molecule has 2 rings (SSSR count). The van der Waals surface area contributed by atoms with E-state index in [1.54, 1.807) is 17.7 Å². The van der Waals surface area contributed by atoms with Crippen LogP contribution in [0.2, 0.25) is 0 Å². The number of nitrogens with zero attached hydrogens (tertiary/aromatic N) is 2. The van der Waals surface area contributed by atoms with E-state index in [0.717, 1.165) is 5.52 Å². The quantitative estimate of drug-likeness (QED) is 0.834. The van der Waals surface area contributed by atoms with Gasteiger partial charge < -0.3 is 9.67 Å². The van der Waals surface area contributed by atoms with E-state index in [1.807, 2.05) is 59.7 Å². The number of fused-ring (bicyclic) bond motifs is 1. The molecule has 108 valence electrons. The highest BCUT2D eigenvalue weighted by Crippen LogP contribution is 2.13. The molecule has 0 aliphatic carbocycles. The molecule has 1 aromatic heterocycles. The largest absolute Gasteiger partial charge is 0.475 e. The van der Waals surface area contributed by atoms with Crippen LogP contribution in [0.4, 0.5) is 0 Å². The van der Waals surface area contributed by atoms with Crippen LogP contribution in [0, 0.1) is 0 Å². The summed E-state index contributed by atoms with van der Waals surface area (Å²) in [6.07, 6.45) is 0. The molecule has 0 saturated heterocycles. The maximum atomic E-state index is 10.7. The van der Waals surface area contributed by atoms with Gasteiger partial charge in [0.15, 0.2) is 0 Å². The predicted octanol–water partition coefficient (Wildman–Crippen LogP) is 4.35. The third-order valence-electron chi connectivity index (χ3n) is 1.98. The lowest BCUT2D eigenvalue weighted by Gasteiger charge is -1.95. The first kappa shape index (κ1) is 19.5. The maximum absolute atomic E-state index is 10.7. The molecule has 0 bridgehead atoms. The smallest absolute Gasteiger partial charge is 0.372 e. The van der Waals surface area contributed by atoms with Crippen LogP contribution in [0.15, 0.2) is 24.3 Å². The summed E-state index contributed by atoms with van der Waals surface area (Å²) in [5.74, 6) is -0.931. The molecule has 0 aliphatic rings. The molecular weight excluding hydrogens is 240 g/mol. The van der Waals surface area contributed by atoms with Crippen molar-refractivity contribution in [2.45, 2.75) is 41.5 Å². The zero-order valence-electron chi connectivity index (χ0n) is 13.1. The standard InChI is InChI=1S/C9H8N2O2.3C2H6/c1-11-7-5-3-2-4-6(7)10-8(11)9(12)13;3*1-2/h2-5H,1H3,(H,12,13);3*1-2H3. The molecule has 0 spiro atoms. The van der Waals surface area contributed by atoms with E-state index in [4.69, 9.17) is 5.11 Å². The Morgan fingerprint density at radius 2 is 1.53 bits per heavy atom. The number of aromatic carboxylic acids is 1. The highest BCUT2D eigenvalue weighted by Gasteiger charge is 2.12. The lowest BCUT2D eigenvalue weighted by atomic mass is 10.3. The number of carboxylic acid groups (broad SMARTS) is 1. The lowest BCUT2D eigenvalue weighted by Crippen LogP contribution is -2.05. The molecule has 4 heteroatoms. The van der Waals surface area contributed by atoms with Crippen molar-refractivity contribution >= 4 is 17.0 Å². The maximum Gasteiger partial charge on any atom is 0.372 e. The monoisotopic (exact) mass is 266 g/mol. The molecule has 1 aromatic carbocycles. The minimum Gasteiger partial charge on any atom is -0.475 e.